The molecule has 2 N–H and O–H groups in total. The van der Waals surface area contributed by atoms with Crippen LogP contribution in [0.3, 0.4) is 0 Å². The molecule has 0 radical (unpaired) electrons. The number of halogens is 1. The Kier molecular flexibility index (Phi) is 6.30. The van der Waals surface area contributed by atoms with Crippen molar-refractivity contribution >= 4 is 41.6 Å². The second-order valence-corrected chi connectivity index (χ2v) is 7.18. The lowest BCUT2D eigenvalue weighted by Gasteiger charge is -2.13. The normalized spacial score (nSPS) is 13.6. The highest BCUT2D eigenvalue weighted by atomic mass is 35.5. The van der Waals surface area contributed by atoms with Gasteiger partial charge in [0.25, 0.3) is 0 Å². The molecule has 20 heavy (non-hydrogen) atoms. The van der Waals surface area contributed by atoms with Gasteiger partial charge in [-0.1, -0.05) is 23.7 Å². The number of hydrogen-bond acceptors (Lipinski definition) is 4. The Labute approximate surface area is 130 Å². The molecule has 0 aliphatic rings. The van der Waals surface area contributed by atoms with Crippen LogP contribution < -0.4 is 5.73 Å². The van der Waals surface area contributed by atoms with Crippen molar-refractivity contribution in [3.05, 3.63) is 40.5 Å². The molecule has 0 unspecified atom stereocenters. The maximum absolute atomic E-state index is 6.28. The van der Waals surface area contributed by atoms with Crippen molar-refractivity contribution < 1.29 is 0 Å². The van der Waals surface area contributed by atoms with E-state index < -0.39 is 0 Å². The number of allylic oxidation sites excluding steroid dienone is 1. The fraction of sp³-hybridized carbons (Fsp3) is 0.333. The third-order valence-electron chi connectivity index (χ3n) is 2.30. The fourth-order valence-corrected chi connectivity index (χ4v) is 2.30. The summed E-state index contributed by atoms with van der Waals surface area (Å²) in [6.45, 7) is 6.34. The molecule has 0 spiro atoms. The largest absolute Gasteiger partial charge is 0.404 e. The van der Waals surface area contributed by atoms with Gasteiger partial charge in [0, 0.05) is 52.1 Å². The number of nitrogens with zero attached hydrogens (tertiary/aromatic N) is 2. The summed E-state index contributed by atoms with van der Waals surface area (Å²) in [7, 11) is 1.70. The third kappa shape index (κ3) is 5.02. The zero-order chi connectivity index (χ0) is 15.2. The van der Waals surface area contributed by atoms with Gasteiger partial charge in [-0.3, -0.25) is 4.99 Å². The van der Waals surface area contributed by atoms with Crippen LogP contribution >= 0.6 is 23.5 Å². The quantitative estimate of drug-likeness (QED) is 0.669. The lowest BCUT2D eigenvalue weighted by atomic mass is 10.0. The minimum atomic E-state index is 0.0760. The highest BCUT2D eigenvalue weighted by molar-refractivity contribution is 7.99. The topological polar surface area (TPSA) is 50.7 Å². The van der Waals surface area contributed by atoms with Crippen molar-refractivity contribution in [1.82, 2.24) is 0 Å². The summed E-state index contributed by atoms with van der Waals surface area (Å²) in [5, 5.41) is 0.631. The van der Waals surface area contributed by atoms with E-state index in [2.05, 4.69) is 30.2 Å². The first-order valence-corrected chi connectivity index (χ1v) is 7.38. The summed E-state index contributed by atoms with van der Waals surface area (Å²) in [5.41, 5.74) is 8.21. The van der Waals surface area contributed by atoms with E-state index in [1.165, 1.54) is 18.1 Å². The van der Waals surface area contributed by atoms with Gasteiger partial charge >= 0.3 is 0 Å². The van der Waals surface area contributed by atoms with E-state index in [0.717, 1.165) is 16.7 Å². The van der Waals surface area contributed by atoms with Crippen LogP contribution in [0.5, 0.6) is 0 Å². The molecule has 0 aromatic heterocycles. The first-order chi connectivity index (χ1) is 9.39. The van der Waals surface area contributed by atoms with Crippen LogP contribution in [-0.4, -0.2) is 24.2 Å². The highest BCUT2D eigenvalue weighted by Gasteiger charge is 2.11. The number of benzene rings is 1. The summed E-state index contributed by atoms with van der Waals surface area (Å²) in [6.07, 6.45) is 5.00. The molecule has 0 saturated carbocycles. The smallest absolute Gasteiger partial charge is 0.0492 e. The van der Waals surface area contributed by atoms with Gasteiger partial charge in [-0.05, 0) is 38.8 Å². The van der Waals surface area contributed by atoms with Crippen molar-refractivity contribution in [1.29, 1.82) is 0 Å². The molecule has 0 saturated heterocycles. The molecule has 0 fully saturated rings. The van der Waals surface area contributed by atoms with E-state index in [1.807, 2.05) is 24.4 Å². The van der Waals surface area contributed by atoms with Crippen molar-refractivity contribution in [2.24, 2.45) is 15.1 Å². The Bertz CT molecular complexity index is 543. The van der Waals surface area contributed by atoms with Gasteiger partial charge in [0.2, 0.25) is 0 Å². The standard InChI is InChI=1S/C15H20ClN3S/c1-15(2,3)20-19-10-11-6-5-7-13(16)14(11)12(8-17)9-18-4/h5-10H,17H2,1-4H3/b12-8+,18-9?,19-10+. The highest BCUT2D eigenvalue weighted by Crippen LogP contribution is 2.27. The van der Waals surface area contributed by atoms with Crippen LogP contribution in [0, 0.1) is 0 Å². The number of nitrogens with two attached hydrogens (primary N) is 1. The van der Waals surface area contributed by atoms with Crippen molar-refractivity contribution in [3.8, 4) is 0 Å². The van der Waals surface area contributed by atoms with Gasteiger partial charge in [-0.2, -0.15) is 0 Å². The van der Waals surface area contributed by atoms with Crippen LogP contribution in [0.25, 0.3) is 5.57 Å². The monoisotopic (exact) mass is 309 g/mol. The molecular weight excluding hydrogens is 290 g/mol. The van der Waals surface area contributed by atoms with Gasteiger partial charge < -0.3 is 5.73 Å². The second kappa shape index (κ2) is 7.50. The molecule has 0 bridgehead atoms. The average Bonchev–Trinajstić information content (AvgIpc) is 2.35. The molecule has 108 valence electrons. The van der Waals surface area contributed by atoms with Crippen LogP contribution in [0.15, 0.2) is 33.8 Å². The van der Waals surface area contributed by atoms with E-state index in [4.69, 9.17) is 17.3 Å². The molecule has 0 aliphatic heterocycles. The Morgan fingerprint density at radius 3 is 2.60 bits per heavy atom. The summed E-state index contributed by atoms with van der Waals surface area (Å²) in [4.78, 5) is 4.00. The van der Waals surface area contributed by atoms with E-state index in [-0.39, 0.29) is 4.75 Å². The molecule has 0 aliphatic carbocycles. The van der Waals surface area contributed by atoms with E-state index >= 15 is 0 Å². The maximum atomic E-state index is 6.28. The van der Waals surface area contributed by atoms with Crippen molar-refractivity contribution in [2.45, 2.75) is 25.5 Å². The molecule has 3 nitrogen and oxygen atoms in total. The minimum absolute atomic E-state index is 0.0760. The number of rotatable bonds is 4. The first kappa shape index (κ1) is 16.8. The predicted octanol–water partition coefficient (Wildman–Crippen LogP) is 4.21. The minimum Gasteiger partial charge on any atom is -0.404 e. The zero-order valence-electron chi connectivity index (χ0n) is 12.2. The molecule has 1 aromatic carbocycles. The summed E-state index contributed by atoms with van der Waals surface area (Å²) >= 11 is 7.80. The number of hydrogen-bond donors (Lipinski definition) is 1. The van der Waals surface area contributed by atoms with Crippen molar-refractivity contribution in [2.75, 3.05) is 7.05 Å². The van der Waals surface area contributed by atoms with E-state index in [0.29, 0.717) is 5.02 Å². The SMILES string of the molecule is CN=C/C(=C\N)c1c(Cl)cccc1/C=N/SC(C)(C)C. The van der Waals surface area contributed by atoms with Crippen LogP contribution in [-0.2, 0) is 0 Å². The fourth-order valence-electron chi connectivity index (χ4n) is 1.52. The van der Waals surface area contributed by atoms with Crippen LogP contribution in [0.1, 0.15) is 31.9 Å². The summed E-state index contributed by atoms with van der Waals surface area (Å²) in [5.74, 6) is 0. The molecule has 5 heteroatoms. The van der Waals surface area contributed by atoms with Crippen molar-refractivity contribution in [3.63, 3.8) is 0 Å². The maximum Gasteiger partial charge on any atom is 0.0492 e. The third-order valence-corrected chi connectivity index (χ3v) is 3.37. The van der Waals surface area contributed by atoms with Crippen LogP contribution in [0.2, 0.25) is 5.02 Å². The first-order valence-electron chi connectivity index (χ1n) is 6.23. The molecule has 1 aromatic rings. The summed E-state index contributed by atoms with van der Waals surface area (Å²) < 4.78 is 4.49. The van der Waals surface area contributed by atoms with Crippen LogP contribution in [0.4, 0.5) is 0 Å². The Hall–Kier alpha value is -1.26. The molecular formula is C15H20ClN3S. The number of aliphatic imine (C=N–C) groups is 1. The van der Waals surface area contributed by atoms with Gasteiger partial charge in [-0.25, -0.2) is 4.40 Å². The molecule has 0 heterocycles. The second-order valence-electron chi connectivity index (χ2n) is 5.15. The zero-order valence-corrected chi connectivity index (χ0v) is 13.8. The van der Waals surface area contributed by atoms with Gasteiger partial charge in [0.1, 0.15) is 0 Å². The Balaban J connectivity index is 3.18. The Morgan fingerprint density at radius 2 is 2.05 bits per heavy atom. The van der Waals surface area contributed by atoms with E-state index in [9.17, 15) is 0 Å². The lowest BCUT2D eigenvalue weighted by molar-refractivity contribution is 0.804. The predicted molar refractivity (Wildman–Crippen MR) is 93.0 cm³/mol. The molecule has 1 rings (SSSR count). The van der Waals surface area contributed by atoms with E-state index in [1.54, 1.807) is 13.3 Å². The van der Waals surface area contributed by atoms with Gasteiger partial charge in [0.05, 0.1) is 0 Å². The molecule has 0 atom stereocenters. The van der Waals surface area contributed by atoms with Gasteiger partial charge in [-0.15, -0.1) is 0 Å². The van der Waals surface area contributed by atoms with Gasteiger partial charge in [0.15, 0.2) is 0 Å². The summed E-state index contributed by atoms with van der Waals surface area (Å²) in [6, 6.07) is 5.69. The average molecular weight is 310 g/mol. The lowest BCUT2D eigenvalue weighted by Crippen LogP contribution is -2.05. The Morgan fingerprint density at radius 1 is 1.35 bits per heavy atom. The molecule has 0 amide bonds.